The summed E-state index contributed by atoms with van der Waals surface area (Å²) < 4.78 is 7.61. The Morgan fingerprint density at radius 3 is 2.65 bits per heavy atom. The van der Waals surface area contributed by atoms with E-state index in [1.54, 1.807) is 7.11 Å². The summed E-state index contributed by atoms with van der Waals surface area (Å²) >= 11 is 6.34. The average Bonchev–Trinajstić information content (AvgIpc) is 2.87. The third kappa shape index (κ3) is 2.22. The van der Waals surface area contributed by atoms with Gasteiger partial charge >= 0.3 is 0 Å². The van der Waals surface area contributed by atoms with Gasteiger partial charge in [0, 0.05) is 13.1 Å². The summed E-state index contributed by atoms with van der Waals surface area (Å²) in [6.07, 6.45) is 3.75. The van der Waals surface area contributed by atoms with Gasteiger partial charge in [0.25, 0.3) is 0 Å². The molecular weight excluding hydrogens is 274 g/mol. The average molecular weight is 294 g/mol. The second-order valence-corrected chi connectivity index (χ2v) is 5.89. The molecule has 2 heterocycles. The Morgan fingerprint density at radius 1 is 1.25 bits per heavy atom. The van der Waals surface area contributed by atoms with Crippen molar-refractivity contribution in [3.8, 4) is 5.75 Å². The van der Waals surface area contributed by atoms with Crippen molar-refractivity contribution in [3.63, 3.8) is 0 Å². The number of rotatable bonds is 3. The maximum absolute atomic E-state index is 6.34. The molecule has 20 heavy (non-hydrogen) atoms. The van der Waals surface area contributed by atoms with Crippen LogP contribution in [0.2, 0.25) is 0 Å². The molecule has 5 heteroatoms. The van der Waals surface area contributed by atoms with Crippen molar-refractivity contribution < 1.29 is 4.74 Å². The van der Waals surface area contributed by atoms with Crippen LogP contribution < -0.4 is 9.75 Å². The summed E-state index contributed by atoms with van der Waals surface area (Å²) in [5.41, 5.74) is 1.97. The van der Waals surface area contributed by atoms with Crippen molar-refractivity contribution in [2.45, 2.75) is 31.6 Å². The van der Waals surface area contributed by atoms with Crippen LogP contribution in [-0.2, 0) is 0 Å². The van der Waals surface area contributed by atoms with Gasteiger partial charge < -0.3 is 9.75 Å². The van der Waals surface area contributed by atoms with E-state index in [4.69, 9.17) is 21.3 Å². The lowest BCUT2D eigenvalue weighted by atomic mass is 10.2. The van der Waals surface area contributed by atoms with Gasteiger partial charge in [0.05, 0.1) is 18.0 Å². The van der Waals surface area contributed by atoms with Gasteiger partial charge in [-0.15, -0.1) is 11.6 Å². The molecule has 1 aromatic carbocycles. The van der Waals surface area contributed by atoms with Crippen LogP contribution in [-0.4, -0.2) is 29.9 Å². The standard InChI is InChI=1S/C15H20ClN3O/c1-11(16)15-17-14-12(7-6-8-13(14)20-2)19(15)18-9-4-3-5-10-18/h6-8,11H,3-5,9-10H2,1-2H3. The number of fused-ring (bicyclic) bond motifs is 1. The van der Waals surface area contributed by atoms with E-state index in [2.05, 4.69) is 15.8 Å². The van der Waals surface area contributed by atoms with E-state index in [0.717, 1.165) is 35.7 Å². The van der Waals surface area contributed by atoms with Gasteiger partial charge in [-0.25, -0.2) is 9.66 Å². The van der Waals surface area contributed by atoms with Crippen LogP contribution in [0.3, 0.4) is 0 Å². The first-order chi connectivity index (χ1) is 9.72. The molecule has 1 aromatic heterocycles. The lowest BCUT2D eigenvalue weighted by molar-refractivity contribution is 0.419. The number of ether oxygens (including phenoxy) is 1. The molecule has 1 saturated heterocycles. The zero-order valence-electron chi connectivity index (χ0n) is 12.0. The van der Waals surface area contributed by atoms with Gasteiger partial charge in [0.1, 0.15) is 17.1 Å². The van der Waals surface area contributed by atoms with Gasteiger partial charge in [0.15, 0.2) is 0 Å². The van der Waals surface area contributed by atoms with E-state index in [-0.39, 0.29) is 5.38 Å². The Morgan fingerprint density at radius 2 is 2.00 bits per heavy atom. The number of aromatic nitrogens is 2. The van der Waals surface area contributed by atoms with E-state index < -0.39 is 0 Å². The number of hydrogen-bond acceptors (Lipinski definition) is 3. The number of benzene rings is 1. The van der Waals surface area contributed by atoms with Gasteiger partial charge in [-0.1, -0.05) is 6.07 Å². The Hall–Kier alpha value is -1.42. The van der Waals surface area contributed by atoms with Gasteiger partial charge in [0.2, 0.25) is 0 Å². The number of imidazole rings is 1. The third-order valence-electron chi connectivity index (χ3n) is 3.84. The van der Waals surface area contributed by atoms with Crippen LogP contribution in [0.4, 0.5) is 0 Å². The molecule has 0 radical (unpaired) electrons. The fourth-order valence-corrected chi connectivity index (χ4v) is 3.02. The molecule has 0 amide bonds. The van der Waals surface area contributed by atoms with Crippen LogP contribution in [0.5, 0.6) is 5.75 Å². The van der Waals surface area contributed by atoms with Crippen molar-refractivity contribution in [1.82, 2.24) is 9.66 Å². The van der Waals surface area contributed by atoms with Crippen molar-refractivity contribution in [3.05, 3.63) is 24.0 Å². The number of para-hydroxylation sites is 1. The molecule has 108 valence electrons. The molecule has 0 saturated carbocycles. The fraction of sp³-hybridized carbons (Fsp3) is 0.533. The summed E-state index contributed by atoms with van der Waals surface area (Å²) in [6.45, 7) is 4.08. The van der Waals surface area contributed by atoms with Gasteiger partial charge in [-0.3, -0.25) is 0 Å². The molecule has 0 aliphatic carbocycles. The largest absolute Gasteiger partial charge is 0.494 e. The van der Waals surface area contributed by atoms with E-state index >= 15 is 0 Å². The highest BCUT2D eigenvalue weighted by Crippen LogP contribution is 2.30. The summed E-state index contributed by atoms with van der Waals surface area (Å²) in [4.78, 5) is 4.72. The molecule has 4 nitrogen and oxygen atoms in total. The summed E-state index contributed by atoms with van der Waals surface area (Å²) in [6, 6.07) is 6.03. The number of methoxy groups -OCH3 is 1. The first kappa shape index (κ1) is 13.6. The van der Waals surface area contributed by atoms with Crippen LogP contribution in [0, 0.1) is 0 Å². The predicted octanol–water partition coefficient (Wildman–Crippen LogP) is 3.47. The topological polar surface area (TPSA) is 30.3 Å². The van der Waals surface area contributed by atoms with Crippen LogP contribution >= 0.6 is 11.6 Å². The summed E-state index contributed by atoms with van der Waals surface area (Å²) in [7, 11) is 1.68. The van der Waals surface area contributed by atoms with Gasteiger partial charge in [-0.2, -0.15) is 0 Å². The van der Waals surface area contributed by atoms with Crippen LogP contribution in [0.15, 0.2) is 18.2 Å². The Bertz CT molecular complexity index is 602. The second-order valence-electron chi connectivity index (χ2n) is 5.24. The van der Waals surface area contributed by atoms with Crippen LogP contribution in [0.1, 0.15) is 37.4 Å². The third-order valence-corrected chi connectivity index (χ3v) is 4.04. The second kappa shape index (κ2) is 5.52. The Kier molecular flexibility index (Phi) is 3.74. The Balaban J connectivity index is 2.18. The molecule has 1 unspecified atom stereocenters. The molecule has 1 atom stereocenters. The van der Waals surface area contributed by atoms with Crippen molar-refractivity contribution in [2.75, 3.05) is 25.2 Å². The predicted molar refractivity (Wildman–Crippen MR) is 82.4 cm³/mol. The van der Waals surface area contributed by atoms with E-state index in [1.165, 1.54) is 19.3 Å². The zero-order chi connectivity index (χ0) is 14.1. The molecule has 2 aromatic rings. The maximum Gasteiger partial charge on any atom is 0.146 e. The molecule has 0 N–H and O–H groups in total. The minimum Gasteiger partial charge on any atom is -0.494 e. The number of nitrogens with zero attached hydrogens (tertiary/aromatic N) is 3. The normalized spacial score (nSPS) is 17.4. The fourth-order valence-electron chi connectivity index (χ4n) is 2.88. The number of hydrogen-bond donors (Lipinski definition) is 0. The highest BCUT2D eigenvalue weighted by molar-refractivity contribution is 6.20. The number of alkyl halides is 1. The number of piperidine rings is 1. The molecule has 3 rings (SSSR count). The minimum atomic E-state index is -0.131. The number of halogens is 1. The van der Waals surface area contributed by atoms with E-state index in [1.807, 2.05) is 19.1 Å². The smallest absolute Gasteiger partial charge is 0.146 e. The highest BCUT2D eigenvalue weighted by atomic mass is 35.5. The SMILES string of the molecule is COc1cccc2c1nc(C(C)Cl)n2N1CCCCC1. The van der Waals surface area contributed by atoms with Gasteiger partial charge in [-0.05, 0) is 38.3 Å². The molecule has 1 aliphatic rings. The van der Waals surface area contributed by atoms with Crippen molar-refractivity contribution in [1.29, 1.82) is 0 Å². The maximum atomic E-state index is 6.34. The quantitative estimate of drug-likeness (QED) is 0.812. The summed E-state index contributed by atoms with van der Waals surface area (Å²) in [5, 5.41) is 2.22. The van der Waals surface area contributed by atoms with E-state index in [0.29, 0.717) is 0 Å². The zero-order valence-corrected chi connectivity index (χ0v) is 12.7. The molecule has 0 spiro atoms. The highest BCUT2D eigenvalue weighted by Gasteiger charge is 2.22. The van der Waals surface area contributed by atoms with Crippen molar-refractivity contribution >= 4 is 22.6 Å². The lowest BCUT2D eigenvalue weighted by Gasteiger charge is -2.31. The first-order valence-electron chi connectivity index (χ1n) is 7.17. The minimum absolute atomic E-state index is 0.131. The summed E-state index contributed by atoms with van der Waals surface area (Å²) in [5.74, 6) is 1.70. The Labute approximate surface area is 124 Å². The van der Waals surface area contributed by atoms with Crippen LogP contribution in [0.25, 0.3) is 11.0 Å². The molecule has 1 aliphatic heterocycles. The lowest BCUT2D eigenvalue weighted by Crippen LogP contribution is -2.40. The van der Waals surface area contributed by atoms with Crippen molar-refractivity contribution in [2.24, 2.45) is 0 Å². The first-order valence-corrected chi connectivity index (χ1v) is 7.60. The monoisotopic (exact) mass is 293 g/mol. The molecule has 1 fully saturated rings. The molecular formula is C15H20ClN3O. The van der Waals surface area contributed by atoms with E-state index in [9.17, 15) is 0 Å². The molecule has 0 bridgehead atoms.